The van der Waals surface area contributed by atoms with Crippen molar-refractivity contribution < 1.29 is 0 Å². The van der Waals surface area contributed by atoms with E-state index in [4.69, 9.17) is 4.98 Å². The zero-order chi connectivity index (χ0) is 31.2. The van der Waals surface area contributed by atoms with Gasteiger partial charge in [0.15, 0.2) is 0 Å². The van der Waals surface area contributed by atoms with Gasteiger partial charge in [0.05, 0.1) is 11.0 Å². The van der Waals surface area contributed by atoms with Crippen LogP contribution in [0.25, 0.3) is 83.0 Å². The van der Waals surface area contributed by atoms with E-state index in [-0.39, 0.29) is 0 Å². The Morgan fingerprint density at radius 2 is 0.723 bits per heavy atom. The van der Waals surface area contributed by atoms with Crippen LogP contribution in [-0.4, -0.2) is 9.55 Å². The molecule has 8 aromatic carbocycles. The summed E-state index contributed by atoms with van der Waals surface area (Å²) in [6, 6.07) is 65.1. The maximum atomic E-state index is 5.10. The standard InChI is InChI=1S/C45H30N2/c1-3-13-31(14-4-1)32-23-25-33(26-24-32)43-37-17-7-9-19-39(37)44(40-20-10-8-18-38(40)43)34-27-29-35(30-28-34)45-46-41-21-11-12-22-42(41)47(45)36-15-5-2-6-16-36/h1-30H. The predicted octanol–water partition coefficient (Wildman–Crippen LogP) is 12.0. The predicted molar refractivity (Wildman–Crippen MR) is 198 cm³/mol. The molecule has 0 saturated carbocycles. The molecule has 0 saturated heterocycles. The van der Waals surface area contributed by atoms with Gasteiger partial charge in [-0.3, -0.25) is 4.57 Å². The molecule has 0 bridgehead atoms. The van der Waals surface area contributed by atoms with Crippen molar-refractivity contribution in [1.82, 2.24) is 9.55 Å². The van der Waals surface area contributed by atoms with Crippen molar-refractivity contribution in [3.05, 3.63) is 182 Å². The van der Waals surface area contributed by atoms with Crippen LogP contribution < -0.4 is 0 Å². The van der Waals surface area contributed by atoms with Gasteiger partial charge >= 0.3 is 0 Å². The lowest BCUT2D eigenvalue weighted by Gasteiger charge is -2.18. The van der Waals surface area contributed by atoms with Crippen molar-refractivity contribution in [1.29, 1.82) is 0 Å². The highest BCUT2D eigenvalue weighted by atomic mass is 15.1. The molecule has 0 aliphatic carbocycles. The minimum absolute atomic E-state index is 0.938. The molecule has 0 amide bonds. The number of benzene rings is 8. The van der Waals surface area contributed by atoms with Crippen LogP contribution in [0.15, 0.2) is 182 Å². The van der Waals surface area contributed by atoms with Gasteiger partial charge in [-0.2, -0.15) is 0 Å². The lowest BCUT2D eigenvalue weighted by molar-refractivity contribution is 1.10. The molecule has 0 atom stereocenters. The Kier molecular flexibility index (Phi) is 6.50. The Morgan fingerprint density at radius 1 is 0.319 bits per heavy atom. The highest BCUT2D eigenvalue weighted by Gasteiger charge is 2.18. The number of hydrogen-bond donors (Lipinski definition) is 0. The zero-order valence-corrected chi connectivity index (χ0v) is 25.7. The van der Waals surface area contributed by atoms with Crippen LogP contribution in [0.2, 0.25) is 0 Å². The summed E-state index contributed by atoms with van der Waals surface area (Å²) in [6.45, 7) is 0. The molecule has 2 nitrogen and oxygen atoms in total. The molecule has 0 aliphatic heterocycles. The molecule has 0 aliphatic rings. The Labute approximate surface area is 273 Å². The molecular formula is C45H30N2. The zero-order valence-electron chi connectivity index (χ0n) is 25.7. The molecule has 0 radical (unpaired) electrons. The first kappa shape index (κ1) is 27.1. The third kappa shape index (κ3) is 4.62. The van der Waals surface area contributed by atoms with Gasteiger partial charge in [0.25, 0.3) is 0 Å². The van der Waals surface area contributed by atoms with E-state index in [9.17, 15) is 0 Å². The van der Waals surface area contributed by atoms with Gasteiger partial charge in [0, 0.05) is 11.3 Å². The number of hydrogen-bond acceptors (Lipinski definition) is 1. The van der Waals surface area contributed by atoms with Crippen LogP contribution in [-0.2, 0) is 0 Å². The monoisotopic (exact) mass is 598 g/mol. The molecule has 47 heavy (non-hydrogen) atoms. The van der Waals surface area contributed by atoms with Gasteiger partial charge in [-0.25, -0.2) is 4.98 Å². The van der Waals surface area contributed by atoms with Crippen molar-refractivity contribution in [2.45, 2.75) is 0 Å². The summed E-state index contributed by atoms with van der Waals surface area (Å²) >= 11 is 0. The summed E-state index contributed by atoms with van der Waals surface area (Å²) in [4.78, 5) is 5.10. The Balaban J connectivity index is 1.20. The van der Waals surface area contributed by atoms with Gasteiger partial charge in [-0.15, -0.1) is 0 Å². The Bertz CT molecular complexity index is 2470. The summed E-state index contributed by atoms with van der Waals surface area (Å²) < 4.78 is 2.26. The summed E-state index contributed by atoms with van der Waals surface area (Å²) in [5, 5.41) is 5.00. The van der Waals surface area contributed by atoms with Gasteiger partial charge < -0.3 is 0 Å². The van der Waals surface area contributed by atoms with E-state index >= 15 is 0 Å². The molecule has 0 spiro atoms. The molecule has 220 valence electrons. The average Bonchev–Trinajstić information content (AvgIpc) is 3.54. The van der Waals surface area contributed by atoms with Crippen molar-refractivity contribution >= 4 is 32.6 Å². The summed E-state index contributed by atoms with van der Waals surface area (Å²) in [5.41, 5.74) is 11.7. The van der Waals surface area contributed by atoms with Gasteiger partial charge in [0.1, 0.15) is 5.82 Å². The maximum Gasteiger partial charge on any atom is 0.145 e. The fourth-order valence-corrected chi connectivity index (χ4v) is 7.05. The number of rotatable bonds is 5. The number of nitrogens with zero attached hydrogens (tertiary/aromatic N) is 2. The Hall–Kier alpha value is -6.25. The van der Waals surface area contributed by atoms with E-state index in [1.165, 1.54) is 54.9 Å². The van der Waals surface area contributed by atoms with Crippen LogP contribution in [0.3, 0.4) is 0 Å². The second-order valence-corrected chi connectivity index (χ2v) is 12.0. The number of fused-ring (bicyclic) bond motifs is 3. The quantitative estimate of drug-likeness (QED) is 0.180. The average molecular weight is 599 g/mol. The van der Waals surface area contributed by atoms with E-state index in [1.807, 2.05) is 0 Å². The summed E-state index contributed by atoms with van der Waals surface area (Å²) in [6.07, 6.45) is 0. The highest BCUT2D eigenvalue weighted by molar-refractivity contribution is 6.21. The van der Waals surface area contributed by atoms with Crippen molar-refractivity contribution in [2.24, 2.45) is 0 Å². The normalized spacial score (nSPS) is 11.4. The number of para-hydroxylation sites is 3. The second kappa shape index (κ2) is 11.3. The largest absolute Gasteiger partial charge is 0.292 e. The smallest absolute Gasteiger partial charge is 0.145 e. The second-order valence-electron chi connectivity index (χ2n) is 12.0. The summed E-state index contributed by atoms with van der Waals surface area (Å²) in [7, 11) is 0. The fraction of sp³-hybridized carbons (Fsp3) is 0. The van der Waals surface area contributed by atoms with E-state index < -0.39 is 0 Å². The minimum Gasteiger partial charge on any atom is -0.292 e. The minimum atomic E-state index is 0.938. The molecule has 1 aromatic heterocycles. The van der Waals surface area contributed by atoms with Crippen molar-refractivity contribution in [2.75, 3.05) is 0 Å². The summed E-state index contributed by atoms with van der Waals surface area (Å²) in [5.74, 6) is 0.938. The van der Waals surface area contributed by atoms with Crippen molar-refractivity contribution in [3.63, 3.8) is 0 Å². The fourth-order valence-electron chi connectivity index (χ4n) is 7.05. The molecular weight excluding hydrogens is 569 g/mol. The lowest BCUT2D eigenvalue weighted by atomic mass is 9.85. The van der Waals surface area contributed by atoms with Crippen LogP contribution in [0, 0.1) is 0 Å². The molecule has 0 N–H and O–H groups in total. The first-order valence-electron chi connectivity index (χ1n) is 16.1. The first-order chi connectivity index (χ1) is 23.3. The van der Waals surface area contributed by atoms with Gasteiger partial charge in [-0.05, 0) is 79.2 Å². The van der Waals surface area contributed by atoms with Crippen molar-refractivity contribution in [3.8, 4) is 50.5 Å². The van der Waals surface area contributed by atoms with E-state index in [1.54, 1.807) is 0 Å². The molecule has 2 heteroatoms. The topological polar surface area (TPSA) is 17.8 Å². The SMILES string of the molecule is c1ccc(-c2ccc(-c3c4ccccc4c(-c4ccc(-c5nc6ccccc6n5-c5ccccc5)cc4)c4ccccc34)cc2)cc1. The molecule has 9 aromatic rings. The van der Waals surface area contributed by atoms with E-state index in [2.05, 4.69) is 187 Å². The number of imidazole rings is 1. The highest BCUT2D eigenvalue weighted by Crippen LogP contribution is 2.44. The number of aromatic nitrogens is 2. The Morgan fingerprint density at radius 3 is 1.28 bits per heavy atom. The molecule has 0 fully saturated rings. The maximum absolute atomic E-state index is 5.10. The molecule has 9 rings (SSSR count). The lowest BCUT2D eigenvalue weighted by Crippen LogP contribution is -1.97. The third-order valence-electron chi connectivity index (χ3n) is 9.22. The van der Waals surface area contributed by atoms with Gasteiger partial charge in [0.2, 0.25) is 0 Å². The molecule has 1 heterocycles. The van der Waals surface area contributed by atoms with E-state index in [0.29, 0.717) is 0 Å². The first-order valence-corrected chi connectivity index (χ1v) is 16.1. The van der Waals surface area contributed by atoms with Crippen LogP contribution in [0.1, 0.15) is 0 Å². The molecule has 0 unspecified atom stereocenters. The van der Waals surface area contributed by atoms with Crippen LogP contribution in [0.4, 0.5) is 0 Å². The van der Waals surface area contributed by atoms with Gasteiger partial charge in [-0.1, -0.05) is 158 Å². The van der Waals surface area contributed by atoms with E-state index in [0.717, 1.165) is 28.1 Å². The third-order valence-corrected chi connectivity index (χ3v) is 9.22. The van der Waals surface area contributed by atoms with Crippen LogP contribution in [0.5, 0.6) is 0 Å². The van der Waals surface area contributed by atoms with Crippen LogP contribution >= 0.6 is 0 Å².